The van der Waals surface area contributed by atoms with E-state index >= 15 is 0 Å². The van der Waals surface area contributed by atoms with Gasteiger partial charge in [-0.1, -0.05) is 6.07 Å². The zero-order valence-electron chi connectivity index (χ0n) is 16.7. The van der Waals surface area contributed by atoms with Crippen LogP contribution in [0.2, 0.25) is 0 Å². The Morgan fingerprint density at radius 1 is 1.27 bits per heavy atom. The number of amides is 1. The monoisotopic (exact) mass is 407 g/mol. The molecule has 1 aromatic carbocycles. The predicted octanol–water partition coefficient (Wildman–Crippen LogP) is 1.51. The molecule has 4 rings (SSSR count). The molecule has 0 saturated heterocycles. The molecule has 0 radical (unpaired) electrons. The first-order valence-electron chi connectivity index (χ1n) is 9.49. The summed E-state index contributed by atoms with van der Waals surface area (Å²) in [5.41, 5.74) is 2.44. The first kappa shape index (κ1) is 19.6. The third kappa shape index (κ3) is 4.00. The second-order valence-corrected chi connectivity index (χ2v) is 6.94. The number of hydrogen-bond donors (Lipinski definition) is 1. The smallest absolute Gasteiger partial charge is 0.260 e. The lowest BCUT2D eigenvalue weighted by Crippen LogP contribution is -2.41. The van der Waals surface area contributed by atoms with Crippen LogP contribution in [0.25, 0.3) is 11.5 Å². The van der Waals surface area contributed by atoms with Crippen LogP contribution in [-0.4, -0.2) is 51.0 Å². The van der Waals surface area contributed by atoms with Crippen LogP contribution in [-0.2, 0) is 17.8 Å². The summed E-state index contributed by atoms with van der Waals surface area (Å²) in [6.07, 6.45) is 5.03. The zero-order chi connectivity index (χ0) is 21.1. The average molecular weight is 407 g/mol. The summed E-state index contributed by atoms with van der Waals surface area (Å²) in [7, 11) is 1.56. The third-order valence-electron chi connectivity index (χ3n) is 4.90. The summed E-state index contributed by atoms with van der Waals surface area (Å²) in [6.45, 7) is 2.48. The Morgan fingerprint density at radius 3 is 2.90 bits per heavy atom. The first-order chi connectivity index (χ1) is 14.5. The van der Waals surface area contributed by atoms with Crippen molar-refractivity contribution >= 4 is 5.91 Å². The number of hydrogen-bond acceptors (Lipinski definition) is 7. The number of methoxy groups -OCH3 is 1. The van der Waals surface area contributed by atoms with Gasteiger partial charge in [0.15, 0.2) is 23.9 Å². The molecule has 1 N–H and O–H groups in total. The van der Waals surface area contributed by atoms with Gasteiger partial charge in [0, 0.05) is 24.5 Å². The molecule has 9 heteroatoms. The molecule has 3 aromatic rings. The Labute approximate surface area is 172 Å². The molecule has 9 nitrogen and oxygen atoms in total. The van der Waals surface area contributed by atoms with Crippen LogP contribution < -0.4 is 15.0 Å². The van der Waals surface area contributed by atoms with Gasteiger partial charge in [0.1, 0.15) is 5.69 Å². The van der Waals surface area contributed by atoms with Crippen molar-refractivity contribution in [3.05, 3.63) is 64.0 Å². The van der Waals surface area contributed by atoms with Gasteiger partial charge in [0.05, 0.1) is 25.5 Å². The van der Waals surface area contributed by atoms with E-state index in [4.69, 9.17) is 9.47 Å². The Balaban J connectivity index is 1.49. The second kappa shape index (κ2) is 8.32. The Hall–Kier alpha value is -3.75. The fraction of sp³-hybridized carbons (Fsp3) is 0.286. The van der Waals surface area contributed by atoms with Crippen molar-refractivity contribution in [1.29, 1.82) is 0 Å². The van der Waals surface area contributed by atoms with Gasteiger partial charge in [0.2, 0.25) is 0 Å². The molecule has 154 valence electrons. The minimum atomic E-state index is -0.214. The van der Waals surface area contributed by atoms with Crippen LogP contribution in [0.3, 0.4) is 0 Å². The molecule has 1 aliphatic heterocycles. The van der Waals surface area contributed by atoms with Crippen LogP contribution in [0, 0.1) is 6.92 Å². The molecule has 0 unspecified atom stereocenters. The molecule has 0 atom stereocenters. The second-order valence-electron chi connectivity index (χ2n) is 6.94. The number of aryl methyl sites for hydroxylation is 1. The van der Waals surface area contributed by atoms with Crippen LogP contribution in [0.15, 0.2) is 41.6 Å². The Bertz CT molecular complexity index is 1130. The fourth-order valence-corrected chi connectivity index (χ4v) is 3.32. The van der Waals surface area contributed by atoms with E-state index in [0.717, 1.165) is 5.56 Å². The van der Waals surface area contributed by atoms with Gasteiger partial charge < -0.3 is 19.4 Å². The molecule has 30 heavy (non-hydrogen) atoms. The third-order valence-corrected chi connectivity index (χ3v) is 4.90. The number of aromatic nitrogens is 4. The zero-order valence-corrected chi connectivity index (χ0v) is 16.7. The number of carbonyl (C=O) groups is 1. The summed E-state index contributed by atoms with van der Waals surface area (Å²) in [5, 5.41) is 0. The number of aromatic amines is 1. The maximum Gasteiger partial charge on any atom is 0.260 e. The average Bonchev–Trinajstić information content (AvgIpc) is 2.78. The molecule has 3 heterocycles. The summed E-state index contributed by atoms with van der Waals surface area (Å²) in [4.78, 5) is 42.2. The molecular formula is C21H21N5O4. The number of nitrogens with zero attached hydrogens (tertiary/aromatic N) is 4. The minimum Gasteiger partial charge on any atom is -0.493 e. The van der Waals surface area contributed by atoms with E-state index in [2.05, 4.69) is 19.9 Å². The molecule has 0 fully saturated rings. The predicted molar refractivity (Wildman–Crippen MR) is 108 cm³/mol. The van der Waals surface area contributed by atoms with Crippen molar-refractivity contribution in [2.45, 2.75) is 19.9 Å². The summed E-state index contributed by atoms with van der Waals surface area (Å²) >= 11 is 0. The highest BCUT2D eigenvalue weighted by molar-refractivity contribution is 5.78. The van der Waals surface area contributed by atoms with Crippen molar-refractivity contribution in [2.75, 3.05) is 20.3 Å². The molecule has 1 aliphatic rings. The van der Waals surface area contributed by atoms with Gasteiger partial charge in [0.25, 0.3) is 11.5 Å². The lowest BCUT2D eigenvalue weighted by Gasteiger charge is -2.28. The van der Waals surface area contributed by atoms with Gasteiger partial charge in [-0.15, -0.1) is 0 Å². The molecule has 0 aliphatic carbocycles. The highest BCUT2D eigenvalue weighted by Gasteiger charge is 2.25. The number of carbonyl (C=O) groups excluding carboxylic acids is 1. The standard InChI is InChI=1S/C21H21N5O4/c1-13-3-4-17(18(9-13)29-2)30-12-19(27)26-8-5-14-16(11-26)24-20(25-21(14)28)15-10-22-6-7-23-15/h3-4,6-7,9-10H,5,8,11-12H2,1-2H3,(H,24,25,28). The van der Waals surface area contributed by atoms with Crippen molar-refractivity contribution in [2.24, 2.45) is 0 Å². The molecule has 2 aromatic heterocycles. The van der Waals surface area contributed by atoms with Gasteiger partial charge in [-0.2, -0.15) is 0 Å². The topological polar surface area (TPSA) is 110 Å². The van der Waals surface area contributed by atoms with E-state index < -0.39 is 0 Å². The van der Waals surface area contributed by atoms with Crippen LogP contribution in [0.4, 0.5) is 0 Å². The number of ether oxygens (including phenoxy) is 2. The van der Waals surface area contributed by atoms with Crippen LogP contribution in [0.1, 0.15) is 16.8 Å². The van der Waals surface area contributed by atoms with E-state index in [-0.39, 0.29) is 24.6 Å². The molecule has 0 saturated carbocycles. The summed E-state index contributed by atoms with van der Waals surface area (Å²) in [6, 6.07) is 5.52. The molecule has 0 spiro atoms. The van der Waals surface area contributed by atoms with Crippen molar-refractivity contribution < 1.29 is 14.3 Å². The van der Waals surface area contributed by atoms with E-state index in [1.807, 2.05) is 19.1 Å². The fourth-order valence-electron chi connectivity index (χ4n) is 3.32. The highest BCUT2D eigenvalue weighted by atomic mass is 16.5. The van der Waals surface area contributed by atoms with Crippen molar-refractivity contribution in [3.63, 3.8) is 0 Å². The van der Waals surface area contributed by atoms with E-state index in [9.17, 15) is 9.59 Å². The van der Waals surface area contributed by atoms with Crippen LogP contribution >= 0.6 is 0 Å². The van der Waals surface area contributed by atoms with Gasteiger partial charge in [-0.25, -0.2) is 9.97 Å². The van der Waals surface area contributed by atoms with Gasteiger partial charge >= 0.3 is 0 Å². The van der Waals surface area contributed by atoms with Crippen molar-refractivity contribution in [1.82, 2.24) is 24.8 Å². The van der Waals surface area contributed by atoms with Gasteiger partial charge in [-0.05, 0) is 31.0 Å². The molecule has 1 amide bonds. The minimum absolute atomic E-state index is 0.130. The summed E-state index contributed by atoms with van der Waals surface area (Å²) in [5.74, 6) is 1.23. The number of rotatable bonds is 5. The number of fused-ring (bicyclic) bond motifs is 1. The SMILES string of the molecule is COc1cc(C)ccc1OCC(=O)N1CCc2c(nc(-c3cnccn3)[nH]c2=O)C1. The number of benzene rings is 1. The maximum absolute atomic E-state index is 12.7. The lowest BCUT2D eigenvalue weighted by atomic mass is 10.1. The van der Waals surface area contributed by atoms with E-state index in [1.165, 1.54) is 12.4 Å². The van der Waals surface area contributed by atoms with Crippen LogP contribution in [0.5, 0.6) is 11.5 Å². The van der Waals surface area contributed by atoms with Crippen molar-refractivity contribution in [3.8, 4) is 23.0 Å². The highest BCUT2D eigenvalue weighted by Crippen LogP contribution is 2.28. The normalized spacial score (nSPS) is 12.9. The lowest BCUT2D eigenvalue weighted by molar-refractivity contribution is -0.134. The molecular weight excluding hydrogens is 386 g/mol. The Morgan fingerprint density at radius 2 is 2.13 bits per heavy atom. The maximum atomic E-state index is 12.7. The van der Waals surface area contributed by atoms with E-state index in [0.29, 0.717) is 47.2 Å². The van der Waals surface area contributed by atoms with Gasteiger partial charge in [-0.3, -0.25) is 14.6 Å². The Kier molecular flexibility index (Phi) is 5.42. The molecule has 0 bridgehead atoms. The first-order valence-corrected chi connectivity index (χ1v) is 9.49. The quantitative estimate of drug-likeness (QED) is 0.682. The largest absolute Gasteiger partial charge is 0.493 e. The number of H-pyrrole nitrogens is 1. The number of nitrogens with one attached hydrogen (secondary N) is 1. The van der Waals surface area contributed by atoms with E-state index in [1.54, 1.807) is 24.3 Å². The summed E-state index contributed by atoms with van der Waals surface area (Å²) < 4.78 is 11.0.